The molecule has 2 aromatic rings. The van der Waals surface area contributed by atoms with E-state index in [1.165, 1.54) is 35.5 Å². The lowest BCUT2D eigenvalue weighted by atomic mass is 10.1. The van der Waals surface area contributed by atoms with E-state index in [-0.39, 0.29) is 0 Å². The summed E-state index contributed by atoms with van der Waals surface area (Å²) in [6, 6.07) is 13.0. The van der Waals surface area contributed by atoms with E-state index in [9.17, 15) is 0 Å². The van der Waals surface area contributed by atoms with Gasteiger partial charge in [0, 0.05) is 23.2 Å². The molecule has 0 amide bonds. The van der Waals surface area contributed by atoms with Crippen LogP contribution in [0, 0.1) is 5.92 Å². The monoisotopic (exact) mass is 385 g/mol. The number of para-hydroxylation sites is 1. The van der Waals surface area contributed by atoms with Crippen LogP contribution in [0.25, 0.3) is 0 Å². The SMILES string of the molecule is COc1cc([C@@H]2CCN(CC3CC3)c3ccccc3S2)cc(OC)c1OC. The number of fused-ring (bicyclic) bond motifs is 1. The summed E-state index contributed by atoms with van der Waals surface area (Å²) in [5.41, 5.74) is 2.60. The number of thioether (sulfide) groups is 1. The van der Waals surface area contributed by atoms with E-state index in [1.54, 1.807) is 21.3 Å². The van der Waals surface area contributed by atoms with Crippen molar-refractivity contribution in [1.82, 2.24) is 0 Å². The molecule has 0 saturated heterocycles. The van der Waals surface area contributed by atoms with Crippen LogP contribution in [0.3, 0.4) is 0 Å². The second kappa shape index (κ2) is 7.93. The van der Waals surface area contributed by atoms with Crippen molar-refractivity contribution in [2.24, 2.45) is 5.92 Å². The third kappa shape index (κ3) is 3.84. The molecule has 4 nitrogen and oxygen atoms in total. The number of hydrogen-bond acceptors (Lipinski definition) is 5. The normalized spacial score (nSPS) is 19.2. The van der Waals surface area contributed by atoms with E-state index in [4.69, 9.17) is 14.2 Å². The van der Waals surface area contributed by atoms with Gasteiger partial charge in [0.1, 0.15) is 0 Å². The van der Waals surface area contributed by atoms with E-state index in [0.717, 1.165) is 30.4 Å². The number of rotatable bonds is 6. The molecule has 1 aliphatic heterocycles. The maximum absolute atomic E-state index is 5.57. The molecule has 1 fully saturated rings. The number of benzene rings is 2. The van der Waals surface area contributed by atoms with Crippen molar-refractivity contribution in [2.75, 3.05) is 39.3 Å². The van der Waals surface area contributed by atoms with Crippen molar-refractivity contribution < 1.29 is 14.2 Å². The molecule has 1 atom stereocenters. The van der Waals surface area contributed by atoms with E-state index in [2.05, 4.69) is 41.3 Å². The zero-order valence-corrected chi connectivity index (χ0v) is 17.1. The number of methoxy groups -OCH3 is 3. The highest BCUT2D eigenvalue weighted by Gasteiger charge is 2.29. The van der Waals surface area contributed by atoms with Gasteiger partial charge < -0.3 is 19.1 Å². The Kier molecular flexibility index (Phi) is 5.39. The van der Waals surface area contributed by atoms with Crippen LogP contribution in [-0.4, -0.2) is 34.4 Å². The highest BCUT2D eigenvalue weighted by atomic mass is 32.2. The van der Waals surface area contributed by atoms with Crippen LogP contribution < -0.4 is 19.1 Å². The molecule has 0 N–H and O–H groups in total. The number of nitrogens with zero attached hydrogens (tertiary/aromatic N) is 1. The molecule has 0 bridgehead atoms. The van der Waals surface area contributed by atoms with Crippen LogP contribution in [0.2, 0.25) is 0 Å². The Morgan fingerprint density at radius 2 is 1.67 bits per heavy atom. The van der Waals surface area contributed by atoms with Gasteiger partial charge in [-0.25, -0.2) is 0 Å². The molecule has 1 aliphatic carbocycles. The van der Waals surface area contributed by atoms with E-state index in [1.807, 2.05) is 11.8 Å². The van der Waals surface area contributed by atoms with E-state index >= 15 is 0 Å². The second-order valence-electron chi connectivity index (χ2n) is 7.21. The van der Waals surface area contributed by atoms with Gasteiger partial charge in [0.05, 0.1) is 27.0 Å². The van der Waals surface area contributed by atoms with Gasteiger partial charge in [-0.3, -0.25) is 0 Å². The highest BCUT2D eigenvalue weighted by Crippen LogP contribution is 2.49. The fourth-order valence-corrected chi connectivity index (χ4v) is 5.02. The van der Waals surface area contributed by atoms with Crippen molar-refractivity contribution in [1.29, 1.82) is 0 Å². The topological polar surface area (TPSA) is 30.9 Å². The van der Waals surface area contributed by atoms with Crippen molar-refractivity contribution >= 4 is 17.4 Å². The lowest BCUT2D eigenvalue weighted by Gasteiger charge is -2.24. The van der Waals surface area contributed by atoms with Crippen LogP contribution in [-0.2, 0) is 0 Å². The minimum atomic E-state index is 0.351. The summed E-state index contributed by atoms with van der Waals surface area (Å²) in [6.45, 7) is 2.25. The van der Waals surface area contributed by atoms with Gasteiger partial charge in [0.25, 0.3) is 0 Å². The molecule has 0 aromatic heterocycles. The molecular formula is C22H27NO3S. The largest absolute Gasteiger partial charge is 0.493 e. The highest BCUT2D eigenvalue weighted by molar-refractivity contribution is 7.99. The smallest absolute Gasteiger partial charge is 0.203 e. The van der Waals surface area contributed by atoms with Gasteiger partial charge in [0.2, 0.25) is 5.75 Å². The van der Waals surface area contributed by atoms with Crippen LogP contribution >= 0.6 is 11.8 Å². The average Bonchev–Trinajstić information content (AvgIpc) is 3.54. The van der Waals surface area contributed by atoms with Crippen molar-refractivity contribution in [3.63, 3.8) is 0 Å². The Morgan fingerprint density at radius 1 is 0.963 bits per heavy atom. The Morgan fingerprint density at radius 3 is 2.30 bits per heavy atom. The summed E-state index contributed by atoms with van der Waals surface area (Å²) in [7, 11) is 4.99. The second-order valence-corrected chi connectivity index (χ2v) is 8.46. The predicted molar refractivity (Wildman–Crippen MR) is 111 cm³/mol. The first-order valence-electron chi connectivity index (χ1n) is 9.54. The first-order chi connectivity index (χ1) is 13.2. The molecule has 4 rings (SSSR count). The zero-order valence-electron chi connectivity index (χ0n) is 16.2. The molecule has 0 unspecified atom stereocenters. The van der Waals surface area contributed by atoms with Gasteiger partial charge in [0.15, 0.2) is 11.5 Å². The van der Waals surface area contributed by atoms with Gasteiger partial charge in [-0.2, -0.15) is 0 Å². The Balaban J connectivity index is 1.67. The van der Waals surface area contributed by atoms with Gasteiger partial charge in [-0.05, 0) is 55.0 Å². The Hall–Kier alpha value is -2.01. The van der Waals surface area contributed by atoms with Gasteiger partial charge in [-0.15, -0.1) is 11.8 Å². The standard InChI is InChI=1S/C22H27NO3S/c1-24-18-12-16(13-19(25-2)22(18)26-3)20-10-11-23(14-15-8-9-15)17-6-4-5-7-21(17)27-20/h4-7,12-13,15,20H,8-11,14H2,1-3H3/t20-/m0/s1. The van der Waals surface area contributed by atoms with E-state index in [0.29, 0.717) is 11.0 Å². The summed E-state index contributed by atoms with van der Waals surface area (Å²) in [6.07, 6.45) is 3.84. The molecule has 5 heteroatoms. The van der Waals surface area contributed by atoms with Crippen molar-refractivity contribution in [3.05, 3.63) is 42.0 Å². The predicted octanol–water partition coefficient (Wildman–Crippen LogP) is 5.17. The number of hydrogen-bond donors (Lipinski definition) is 0. The minimum Gasteiger partial charge on any atom is -0.493 e. The van der Waals surface area contributed by atoms with Crippen LogP contribution in [0.1, 0.15) is 30.1 Å². The van der Waals surface area contributed by atoms with Gasteiger partial charge in [-0.1, -0.05) is 12.1 Å². The molecule has 27 heavy (non-hydrogen) atoms. The Labute approximate surface area is 165 Å². The van der Waals surface area contributed by atoms with Crippen molar-refractivity contribution in [3.8, 4) is 17.2 Å². The third-order valence-electron chi connectivity index (χ3n) is 5.37. The van der Waals surface area contributed by atoms with Crippen molar-refractivity contribution in [2.45, 2.75) is 29.4 Å². The lowest BCUT2D eigenvalue weighted by Crippen LogP contribution is -2.26. The number of anilines is 1. The fraction of sp³-hybridized carbons (Fsp3) is 0.455. The van der Waals surface area contributed by atoms with Crippen LogP contribution in [0.4, 0.5) is 5.69 Å². The van der Waals surface area contributed by atoms with E-state index < -0.39 is 0 Å². The first-order valence-corrected chi connectivity index (χ1v) is 10.4. The quantitative estimate of drug-likeness (QED) is 0.685. The summed E-state index contributed by atoms with van der Waals surface area (Å²) in [4.78, 5) is 3.94. The summed E-state index contributed by atoms with van der Waals surface area (Å²) >= 11 is 1.94. The third-order valence-corrected chi connectivity index (χ3v) is 6.76. The zero-order chi connectivity index (χ0) is 18.8. The molecule has 2 aliphatic rings. The molecule has 1 heterocycles. The first kappa shape index (κ1) is 18.4. The maximum atomic E-state index is 5.57. The molecule has 0 radical (unpaired) electrons. The van der Waals surface area contributed by atoms with Crippen LogP contribution in [0.15, 0.2) is 41.3 Å². The molecule has 0 spiro atoms. The number of ether oxygens (including phenoxy) is 3. The molecule has 144 valence electrons. The van der Waals surface area contributed by atoms with Crippen LogP contribution in [0.5, 0.6) is 17.2 Å². The maximum Gasteiger partial charge on any atom is 0.203 e. The van der Waals surface area contributed by atoms with Gasteiger partial charge >= 0.3 is 0 Å². The average molecular weight is 386 g/mol. The fourth-order valence-electron chi connectivity index (χ4n) is 3.75. The minimum absolute atomic E-state index is 0.351. The molecule has 1 saturated carbocycles. The molecular weight excluding hydrogens is 358 g/mol. The summed E-state index contributed by atoms with van der Waals surface area (Å²) in [5, 5.41) is 0.351. The summed E-state index contributed by atoms with van der Waals surface area (Å²) < 4.78 is 16.6. The molecule has 2 aromatic carbocycles. The lowest BCUT2D eigenvalue weighted by molar-refractivity contribution is 0.323. The summed E-state index contributed by atoms with van der Waals surface area (Å²) in [5.74, 6) is 2.97. The Bertz CT molecular complexity index is 781.